The Labute approximate surface area is 133 Å². The average molecular weight is 354 g/mol. The molecule has 0 amide bonds. The van der Waals surface area contributed by atoms with Crippen molar-refractivity contribution in [2.45, 2.75) is 47.2 Å². The van der Waals surface area contributed by atoms with Crippen molar-refractivity contribution in [2.24, 2.45) is 0 Å². The van der Waals surface area contributed by atoms with Crippen LogP contribution in [0.25, 0.3) is 0 Å². The minimum Gasteiger partial charge on any atom is -0.378 e. The molecule has 2 aromatic rings. The average Bonchev–Trinajstić information content (AvgIpc) is 2.70. The zero-order chi connectivity index (χ0) is 15.7. The van der Waals surface area contributed by atoms with Crippen molar-refractivity contribution >= 4 is 21.6 Å². The summed E-state index contributed by atoms with van der Waals surface area (Å²) in [6, 6.07) is 3.40. The zero-order valence-electron chi connectivity index (χ0n) is 13.1. The highest BCUT2D eigenvalue weighted by Gasteiger charge is 2.18. The van der Waals surface area contributed by atoms with E-state index < -0.39 is 0 Å². The fourth-order valence-corrected chi connectivity index (χ4v) is 3.21. The SMILES string of the molecule is CCn1nc(C)c(C(C)Nc2cc(F)c(Br)cc2C)c1C. The van der Waals surface area contributed by atoms with Crippen molar-refractivity contribution < 1.29 is 4.39 Å². The smallest absolute Gasteiger partial charge is 0.139 e. The second kappa shape index (κ2) is 6.18. The summed E-state index contributed by atoms with van der Waals surface area (Å²) in [4.78, 5) is 0. The third kappa shape index (κ3) is 3.12. The third-order valence-corrected chi connectivity index (χ3v) is 4.42. The summed E-state index contributed by atoms with van der Waals surface area (Å²) in [6.45, 7) is 11.1. The molecule has 0 fully saturated rings. The number of nitrogens with zero attached hydrogens (tertiary/aromatic N) is 2. The molecule has 1 unspecified atom stereocenters. The van der Waals surface area contributed by atoms with Gasteiger partial charge in [0.25, 0.3) is 0 Å². The highest BCUT2D eigenvalue weighted by molar-refractivity contribution is 9.10. The fourth-order valence-electron chi connectivity index (χ4n) is 2.75. The van der Waals surface area contributed by atoms with Crippen LogP contribution in [0.5, 0.6) is 0 Å². The Kier molecular flexibility index (Phi) is 4.71. The van der Waals surface area contributed by atoms with E-state index in [4.69, 9.17) is 0 Å². The maximum Gasteiger partial charge on any atom is 0.139 e. The van der Waals surface area contributed by atoms with E-state index in [1.54, 1.807) is 6.07 Å². The molecule has 114 valence electrons. The van der Waals surface area contributed by atoms with Crippen LogP contribution in [-0.4, -0.2) is 9.78 Å². The third-order valence-electron chi connectivity index (χ3n) is 3.81. The molecule has 2 rings (SSSR count). The van der Waals surface area contributed by atoms with Crippen LogP contribution in [0.1, 0.15) is 42.4 Å². The number of hydrogen-bond acceptors (Lipinski definition) is 2. The van der Waals surface area contributed by atoms with Gasteiger partial charge >= 0.3 is 0 Å². The van der Waals surface area contributed by atoms with Crippen molar-refractivity contribution in [3.8, 4) is 0 Å². The maximum absolute atomic E-state index is 13.7. The van der Waals surface area contributed by atoms with Crippen LogP contribution >= 0.6 is 15.9 Å². The van der Waals surface area contributed by atoms with E-state index in [0.29, 0.717) is 4.47 Å². The molecule has 0 aliphatic heterocycles. The molecule has 0 saturated carbocycles. The monoisotopic (exact) mass is 353 g/mol. The number of halogens is 2. The van der Waals surface area contributed by atoms with Crippen molar-refractivity contribution in [1.29, 1.82) is 0 Å². The van der Waals surface area contributed by atoms with Crippen LogP contribution in [0.2, 0.25) is 0 Å². The van der Waals surface area contributed by atoms with Crippen LogP contribution in [0.4, 0.5) is 10.1 Å². The van der Waals surface area contributed by atoms with Gasteiger partial charge in [0.1, 0.15) is 5.82 Å². The predicted octanol–water partition coefficient (Wildman–Crippen LogP) is 4.90. The number of hydrogen-bond donors (Lipinski definition) is 1. The molecule has 0 bridgehead atoms. The molecule has 5 heteroatoms. The molecule has 1 atom stereocenters. The van der Waals surface area contributed by atoms with E-state index >= 15 is 0 Å². The lowest BCUT2D eigenvalue weighted by atomic mass is 10.1. The largest absolute Gasteiger partial charge is 0.378 e. The van der Waals surface area contributed by atoms with E-state index in [0.717, 1.165) is 29.2 Å². The van der Waals surface area contributed by atoms with Crippen LogP contribution in [0, 0.1) is 26.6 Å². The van der Waals surface area contributed by atoms with Gasteiger partial charge in [0.05, 0.1) is 16.2 Å². The molecule has 0 spiro atoms. The molecular weight excluding hydrogens is 333 g/mol. The van der Waals surface area contributed by atoms with E-state index in [1.807, 2.05) is 18.5 Å². The summed E-state index contributed by atoms with van der Waals surface area (Å²) in [7, 11) is 0. The molecule has 0 aliphatic rings. The number of anilines is 1. The van der Waals surface area contributed by atoms with Crippen molar-refractivity contribution in [2.75, 3.05) is 5.32 Å². The lowest BCUT2D eigenvalue weighted by molar-refractivity contribution is 0.620. The van der Waals surface area contributed by atoms with Gasteiger partial charge in [-0.25, -0.2) is 4.39 Å². The Morgan fingerprint density at radius 2 is 2.00 bits per heavy atom. The number of aromatic nitrogens is 2. The summed E-state index contributed by atoms with van der Waals surface area (Å²) in [5.41, 5.74) is 5.17. The second-order valence-corrected chi connectivity index (χ2v) is 6.20. The molecule has 0 aliphatic carbocycles. The lowest BCUT2D eigenvalue weighted by Crippen LogP contribution is -2.10. The lowest BCUT2D eigenvalue weighted by Gasteiger charge is -2.18. The van der Waals surface area contributed by atoms with Gasteiger partial charge in [-0.1, -0.05) is 0 Å². The molecular formula is C16H21BrFN3. The van der Waals surface area contributed by atoms with Crippen LogP contribution in [-0.2, 0) is 6.54 Å². The Morgan fingerprint density at radius 1 is 1.33 bits per heavy atom. The summed E-state index contributed by atoms with van der Waals surface area (Å²) < 4.78 is 16.2. The van der Waals surface area contributed by atoms with Crippen molar-refractivity contribution in [3.05, 3.63) is 44.9 Å². The number of rotatable bonds is 4. The number of nitrogens with one attached hydrogen (secondary N) is 1. The van der Waals surface area contributed by atoms with Gasteiger partial charge in [0.2, 0.25) is 0 Å². The van der Waals surface area contributed by atoms with E-state index in [2.05, 4.69) is 47.1 Å². The fraction of sp³-hybridized carbons (Fsp3) is 0.438. The Hall–Kier alpha value is -1.36. The second-order valence-electron chi connectivity index (χ2n) is 5.35. The summed E-state index contributed by atoms with van der Waals surface area (Å²) in [5.74, 6) is -0.256. The quantitative estimate of drug-likeness (QED) is 0.846. The first-order valence-corrected chi connectivity index (χ1v) is 7.90. The number of aryl methyl sites for hydroxylation is 3. The van der Waals surface area contributed by atoms with Gasteiger partial charge in [0, 0.05) is 23.5 Å². The van der Waals surface area contributed by atoms with Crippen LogP contribution < -0.4 is 5.32 Å². The molecule has 1 aromatic carbocycles. The molecule has 0 saturated heterocycles. The van der Waals surface area contributed by atoms with Gasteiger partial charge in [-0.15, -0.1) is 0 Å². The van der Waals surface area contributed by atoms with Crippen molar-refractivity contribution in [3.63, 3.8) is 0 Å². The Bertz CT molecular complexity index is 664. The summed E-state index contributed by atoms with van der Waals surface area (Å²) in [5, 5.41) is 7.94. The Balaban J connectivity index is 2.32. The van der Waals surface area contributed by atoms with E-state index in [9.17, 15) is 4.39 Å². The molecule has 0 radical (unpaired) electrons. The van der Waals surface area contributed by atoms with Gasteiger partial charge in [-0.05, 0) is 68.2 Å². The van der Waals surface area contributed by atoms with Gasteiger partial charge in [-0.3, -0.25) is 4.68 Å². The molecule has 1 heterocycles. The number of benzene rings is 1. The van der Waals surface area contributed by atoms with Gasteiger partial charge in [-0.2, -0.15) is 5.10 Å². The first-order valence-electron chi connectivity index (χ1n) is 7.11. The minimum atomic E-state index is -0.256. The topological polar surface area (TPSA) is 29.9 Å². The van der Waals surface area contributed by atoms with Crippen LogP contribution in [0.3, 0.4) is 0 Å². The highest BCUT2D eigenvalue weighted by atomic mass is 79.9. The first-order chi connectivity index (χ1) is 9.85. The predicted molar refractivity (Wildman–Crippen MR) is 88.2 cm³/mol. The zero-order valence-corrected chi connectivity index (χ0v) is 14.7. The van der Waals surface area contributed by atoms with E-state index in [-0.39, 0.29) is 11.9 Å². The molecule has 1 aromatic heterocycles. The first kappa shape index (κ1) is 16.0. The maximum atomic E-state index is 13.7. The van der Waals surface area contributed by atoms with Gasteiger partial charge in [0.15, 0.2) is 0 Å². The van der Waals surface area contributed by atoms with Crippen LogP contribution in [0.15, 0.2) is 16.6 Å². The normalized spacial score (nSPS) is 12.5. The molecule has 1 N–H and O–H groups in total. The van der Waals surface area contributed by atoms with Gasteiger partial charge < -0.3 is 5.32 Å². The Morgan fingerprint density at radius 3 is 2.57 bits per heavy atom. The summed E-state index contributed by atoms with van der Waals surface area (Å²) >= 11 is 3.21. The highest BCUT2D eigenvalue weighted by Crippen LogP contribution is 2.29. The minimum absolute atomic E-state index is 0.0737. The molecule has 21 heavy (non-hydrogen) atoms. The molecule has 3 nitrogen and oxygen atoms in total. The summed E-state index contributed by atoms with van der Waals surface area (Å²) in [6.07, 6.45) is 0. The van der Waals surface area contributed by atoms with E-state index in [1.165, 1.54) is 11.6 Å². The van der Waals surface area contributed by atoms with Crippen molar-refractivity contribution in [1.82, 2.24) is 9.78 Å². The standard InChI is InChI=1S/C16H21BrFN3/c1-6-21-12(5)16(11(4)20-21)10(3)19-15-8-14(18)13(17)7-9(15)2/h7-8,10,19H,6H2,1-5H3.